The number of benzene rings is 1. The van der Waals surface area contributed by atoms with E-state index in [-0.39, 0.29) is 17.1 Å². The molecule has 1 aliphatic rings. The second kappa shape index (κ2) is 4.77. The summed E-state index contributed by atoms with van der Waals surface area (Å²) in [5.41, 5.74) is 0.359. The van der Waals surface area contributed by atoms with E-state index in [2.05, 4.69) is 21.2 Å². The predicted molar refractivity (Wildman–Crippen MR) is 69.3 cm³/mol. The number of hydrogen-bond acceptors (Lipinski definition) is 1. The Labute approximate surface area is 109 Å². The van der Waals surface area contributed by atoms with Gasteiger partial charge in [-0.05, 0) is 47.0 Å². The molecule has 1 aromatic rings. The van der Waals surface area contributed by atoms with Crippen LogP contribution in [0.1, 0.15) is 32.6 Å². The van der Waals surface area contributed by atoms with Crippen molar-refractivity contribution in [1.29, 1.82) is 0 Å². The molecule has 1 fully saturated rings. The van der Waals surface area contributed by atoms with Gasteiger partial charge in [0, 0.05) is 9.89 Å². The van der Waals surface area contributed by atoms with Gasteiger partial charge in [0.2, 0.25) is 5.91 Å². The molecular formula is C13H15BrFNO. The third kappa shape index (κ3) is 2.68. The van der Waals surface area contributed by atoms with Crippen LogP contribution in [0.25, 0.3) is 0 Å². The monoisotopic (exact) mass is 299 g/mol. The molecule has 0 atom stereocenters. The molecule has 92 valence electrons. The second-order valence-electron chi connectivity index (χ2n) is 4.85. The van der Waals surface area contributed by atoms with Crippen LogP contribution >= 0.6 is 15.9 Å². The summed E-state index contributed by atoms with van der Waals surface area (Å²) in [6.45, 7) is 1.99. The van der Waals surface area contributed by atoms with Gasteiger partial charge in [-0.3, -0.25) is 4.79 Å². The van der Waals surface area contributed by atoms with Gasteiger partial charge < -0.3 is 5.32 Å². The normalized spacial score (nSPS) is 18.1. The summed E-state index contributed by atoms with van der Waals surface area (Å²) in [6, 6.07) is 4.28. The van der Waals surface area contributed by atoms with Gasteiger partial charge in [-0.15, -0.1) is 0 Å². The number of anilines is 1. The summed E-state index contributed by atoms with van der Waals surface area (Å²) in [5, 5.41) is 2.87. The molecule has 1 aliphatic carbocycles. The molecule has 1 amide bonds. The molecule has 0 spiro atoms. The topological polar surface area (TPSA) is 29.1 Å². The molecule has 0 aliphatic heterocycles. The molecule has 2 rings (SSSR count). The van der Waals surface area contributed by atoms with Crippen LogP contribution in [0.3, 0.4) is 0 Å². The zero-order chi connectivity index (χ0) is 12.5. The van der Waals surface area contributed by atoms with Crippen molar-refractivity contribution in [2.24, 2.45) is 5.41 Å². The van der Waals surface area contributed by atoms with Gasteiger partial charge >= 0.3 is 0 Å². The van der Waals surface area contributed by atoms with E-state index in [1.165, 1.54) is 12.1 Å². The summed E-state index contributed by atoms with van der Waals surface area (Å²) in [6.07, 6.45) is 4.07. The van der Waals surface area contributed by atoms with Crippen molar-refractivity contribution in [3.05, 3.63) is 28.5 Å². The van der Waals surface area contributed by atoms with Gasteiger partial charge in [0.05, 0.1) is 5.69 Å². The molecule has 1 N–H and O–H groups in total. The highest BCUT2D eigenvalue weighted by atomic mass is 79.9. The summed E-state index contributed by atoms with van der Waals surface area (Å²) in [4.78, 5) is 12.1. The maximum atomic E-state index is 12.9. The van der Waals surface area contributed by atoms with Gasteiger partial charge in [-0.25, -0.2) is 4.39 Å². The molecule has 2 nitrogen and oxygen atoms in total. The van der Waals surface area contributed by atoms with Crippen LogP contribution in [-0.2, 0) is 4.79 Å². The molecule has 1 aromatic carbocycles. The van der Waals surface area contributed by atoms with E-state index >= 15 is 0 Å². The Hall–Kier alpha value is -0.900. The number of hydrogen-bond donors (Lipinski definition) is 1. The summed E-state index contributed by atoms with van der Waals surface area (Å²) in [7, 11) is 0. The quantitative estimate of drug-likeness (QED) is 0.875. The SMILES string of the molecule is CC1(C(=O)Nc2ccc(F)cc2Br)CCCC1. The minimum atomic E-state index is -0.318. The third-order valence-corrected chi connectivity index (χ3v) is 4.09. The van der Waals surface area contributed by atoms with E-state index in [9.17, 15) is 9.18 Å². The van der Waals surface area contributed by atoms with E-state index in [1.54, 1.807) is 6.07 Å². The lowest BCUT2D eigenvalue weighted by atomic mass is 9.88. The fourth-order valence-electron chi connectivity index (χ4n) is 2.25. The fraction of sp³-hybridized carbons (Fsp3) is 0.462. The number of nitrogens with one attached hydrogen (secondary N) is 1. The van der Waals surface area contributed by atoms with Gasteiger partial charge in [-0.2, -0.15) is 0 Å². The van der Waals surface area contributed by atoms with Gasteiger partial charge in [0.15, 0.2) is 0 Å². The second-order valence-corrected chi connectivity index (χ2v) is 5.70. The van der Waals surface area contributed by atoms with Crippen LogP contribution in [0.2, 0.25) is 0 Å². The molecular weight excluding hydrogens is 285 g/mol. The highest BCUT2D eigenvalue weighted by molar-refractivity contribution is 9.10. The summed E-state index contributed by atoms with van der Waals surface area (Å²) < 4.78 is 13.5. The first-order valence-electron chi connectivity index (χ1n) is 5.78. The Morgan fingerprint density at radius 1 is 1.41 bits per heavy atom. The van der Waals surface area contributed by atoms with Gasteiger partial charge in [-0.1, -0.05) is 19.8 Å². The molecule has 0 heterocycles. The number of carbonyl (C=O) groups excluding carboxylic acids is 1. The van der Waals surface area contributed by atoms with Crippen LogP contribution in [0.5, 0.6) is 0 Å². The Morgan fingerprint density at radius 3 is 2.65 bits per heavy atom. The predicted octanol–water partition coefficient (Wildman–Crippen LogP) is 4.11. The summed E-state index contributed by atoms with van der Waals surface area (Å²) in [5.74, 6) is -0.288. The zero-order valence-corrected chi connectivity index (χ0v) is 11.3. The van der Waals surface area contributed by atoms with Crippen molar-refractivity contribution in [2.75, 3.05) is 5.32 Å². The number of rotatable bonds is 2. The van der Waals surface area contributed by atoms with Gasteiger partial charge in [0.25, 0.3) is 0 Å². The van der Waals surface area contributed by atoms with Crippen molar-refractivity contribution >= 4 is 27.5 Å². The Bertz CT molecular complexity index is 441. The maximum Gasteiger partial charge on any atom is 0.230 e. The first-order chi connectivity index (χ1) is 8.01. The largest absolute Gasteiger partial charge is 0.325 e. The molecule has 0 saturated heterocycles. The fourth-order valence-corrected chi connectivity index (χ4v) is 2.70. The highest BCUT2D eigenvalue weighted by Crippen LogP contribution is 2.39. The molecule has 4 heteroatoms. The van der Waals surface area contributed by atoms with Crippen molar-refractivity contribution < 1.29 is 9.18 Å². The standard InChI is InChI=1S/C13H15BrFNO/c1-13(6-2-3-7-13)12(17)16-11-5-4-9(15)8-10(11)14/h4-5,8H,2-3,6-7H2,1H3,(H,16,17). The molecule has 17 heavy (non-hydrogen) atoms. The van der Waals surface area contributed by atoms with E-state index in [1.807, 2.05) is 6.92 Å². The van der Waals surface area contributed by atoms with Crippen LogP contribution in [0, 0.1) is 11.2 Å². The number of carbonyl (C=O) groups is 1. The lowest BCUT2D eigenvalue weighted by molar-refractivity contribution is -0.124. The van der Waals surface area contributed by atoms with Crippen molar-refractivity contribution in [2.45, 2.75) is 32.6 Å². The molecule has 1 saturated carbocycles. The zero-order valence-electron chi connectivity index (χ0n) is 9.72. The van der Waals surface area contributed by atoms with E-state index < -0.39 is 0 Å². The van der Waals surface area contributed by atoms with Crippen molar-refractivity contribution in [1.82, 2.24) is 0 Å². The molecule has 0 unspecified atom stereocenters. The average molecular weight is 300 g/mol. The smallest absolute Gasteiger partial charge is 0.230 e. The molecule has 0 radical (unpaired) electrons. The van der Waals surface area contributed by atoms with Crippen LogP contribution < -0.4 is 5.32 Å². The van der Waals surface area contributed by atoms with Crippen molar-refractivity contribution in [3.63, 3.8) is 0 Å². The Morgan fingerprint density at radius 2 is 2.06 bits per heavy atom. The summed E-state index contributed by atoms with van der Waals surface area (Å²) >= 11 is 3.25. The van der Waals surface area contributed by atoms with E-state index in [0.717, 1.165) is 25.7 Å². The first kappa shape index (κ1) is 12.6. The van der Waals surface area contributed by atoms with E-state index in [0.29, 0.717) is 10.2 Å². The molecule has 0 aromatic heterocycles. The first-order valence-corrected chi connectivity index (χ1v) is 6.57. The van der Waals surface area contributed by atoms with E-state index in [4.69, 9.17) is 0 Å². The Balaban J connectivity index is 2.13. The maximum absolute atomic E-state index is 12.9. The number of halogens is 2. The lowest BCUT2D eigenvalue weighted by Gasteiger charge is -2.22. The number of amides is 1. The van der Waals surface area contributed by atoms with Crippen molar-refractivity contribution in [3.8, 4) is 0 Å². The Kier molecular flexibility index (Phi) is 3.52. The highest BCUT2D eigenvalue weighted by Gasteiger charge is 2.36. The lowest BCUT2D eigenvalue weighted by Crippen LogP contribution is -2.30. The van der Waals surface area contributed by atoms with Gasteiger partial charge in [0.1, 0.15) is 5.82 Å². The van der Waals surface area contributed by atoms with Crippen LogP contribution in [0.15, 0.2) is 22.7 Å². The minimum absolute atomic E-state index is 0.0299. The third-order valence-electron chi connectivity index (χ3n) is 3.43. The molecule has 0 bridgehead atoms. The van der Waals surface area contributed by atoms with Crippen LogP contribution in [0.4, 0.5) is 10.1 Å². The minimum Gasteiger partial charge on any atom is -0.325 e. The average Bonchev–Trinajstić information content (AvgIpc) is 2.71. The van der Waals surface area contributed by atoms with Crippen LogP contribution in [-0.4, -0.2) is 5.91 Å².